The molecule has 0 aliphatic carbocycles. The molecule has 5 nitrogen and oxygen atoms in total. The van der Waals surface area contributed by atoms with Crippen molar-refractivity contribution in [1.82, 2.24) is 4.90 Å². The first kappa shape index (κ1) is 17.8. The summed E-state index contributed by atoms with van der Waals surface area (Å²) in [6.45, 7) is 3.35. The maximum absolute atomic E-state index is 12.5. The minimum Gasteiger partial charge on any atom is -0.468 e. The lowest BCUT2D eigenvalue weighted by Gasteiger charge is -2.19. The van der Waals surface area contributed by atoms with E-state index in [0.29, 0.717) is 13.1 Å². The van der Waals surface area contributed by atoms with Crippen molar-refractivity contribution in [2.75, 3.05) is 11.9 Å². The number of anilines is 1. The summed E-state index contributed by atoms with van der Waals surface area (Å²) in [5.41, 5.74) is 1.99. The van der Waals surface area contributed by atoms with E-state index in [0.717, 1.165) is 20.8 Å². The fourth-order valence-electron chi connectivity index (χ4n) is 2.49. The molecule has 0 unspecified atom stereocenters. The van der Waals surface area contributed by atoms with Gasteiger partial charge in [-0.1, -0.05) is 6.07 Å². The smallest absolute Gasteiger partial charge is 0.238 e. The fraction of sp³-hybridized carbons (Fsp3) is 0.211. The van der Waals surface area contributed by atoms with Crippen molar-refractivity contribution in [2.24, 2.45) is 0 Å². The van der Waals surface area contributed by atoms with Gasteiger partial charge >= 0.3 is 0 Å². The van der Waals surface area contributed by atoms with E-state index in [1.165, 1.54) is 5.56 Å². The van der Waals surface area contributed by atoms with Crippen LogP contribution in [0.15, 0.2) is 63.8 Å². The van der Waals surface area contributed by atoms with E-state index < -0.39 is 0 Å². The maximum atomic E-state index is 12.5. The lowest BCUT2D eigenvalue weighted by Crippen LogP contribution is -2.32. The zero-order valence-electron chi connectivity index (χ0n) is 13.9. The van der Waals surface area contributed by atoms with Gasteiger partial charge < -0.3 is 14.2 Å². The Balaban J connectivity index is 1.65. The molecule has 0 spiro atoms. The molecular weight excluding hydrogens is 431 g/mol. The number of halogens is 1. The molecule has 0 saturated heterocycles. The van der Waals surface area contributed by atoms with Gasteiger partial charge in [0.05, 0.1) is 32.2 Å². The fourth-order valence-corrected chi connectivity index (χ4v) is 3.00. The molecule has 3 rings (SSSR count). The van der Waals surface area contributed by atoms with Gasteiger partial charge in [-0.15, -0.1) is 0 Å². The average Bonchev–Trinajstić information content (AvgIpc) is 3.25. The van der Waals surface area contributed by atoms with Crippen molar-refractivity contribution < 1.29 is 13.6 Å². The number of amides is 1. The van der Waals surface area contributed by atoms with Crippen LogP contribution in [0.25, 0.3) is 0 Å². The van der Waals surface area contributed by atoms with Gasteiger partial charge in [0.1, 0.15) is 11.5 Å². The molecule has 2 heterocycles. The SMILES string of the molecule is Cc1ccc(NC(=O)CN(Cc2ccco2)Cc2ccco2)cc1I. The van der Waals surface area contributed by atoms with Crippen LogP contribution in [0.2, 0.25) is 0 Å². The molecule has 2 aromatic heterocycles. The molecule has 0 aliphatic rings. The number of aryl methyl sites for hydroxylation is 1. The van der Waals surface area contributed by atoms with Gasteiger partial charge in [-0.05, 0) is 71.5 Å². The van der Waals surface area contributed by atoms with Gasteiger partial charge in [0, 0.05) is 9.26 Å². The Morgan fingerprint density at radius 2 is 1.72 bits per heavy atom. The van der Waals surface area contributed by atoms with Gasteiger partial charge in [-0.25, -0.2) is 0 Å². The van der Waals surface area contributed by atoms with E-state index in [1.54, 1.807) is 12.5 Å². The van der Waals surface area contributed by atoms with Gasteiger partial charge in [0.15, 0.2) is 0 Å². The number of benzene rings is 1. The molecule has 0 aliphatic heterocycles. The van der Waals surface area contributed by atoms with Crippen LogP contribution in [0.1, 0.15) is 17.1 Å². The first-order valence-electron chi connectivity index (χ1n) is 7.93. The Labute approximate surface area is 160 Å². The summed E-state index contributed by atoms with van der Waals surface area (Å²) >= 11 is 2.26. The van der Waals surface area contributed by atoms with Crippen molar-refractivity contribution >= 4 is 34.2 Å². The number of nitrogens with one attached hydrogen (secondary N) is 1. The number of furan rings is 2. The highest BCUT2D eigenvalue weighted by atomic mass is 127. The van der Waals surface area contributed by atoms with E-state index in [-0.39, 0.29) is 12.5 Å². The topological polar surface area (TPSA) is 58.6 Å². The van der Waals surface area contributed by atoms with Crippen LogP contribution in [0.4, 0.5) is 5.69 Å². The molecule has 0 atom stereocenters. The molecule has 0 bridgehead atoms. The molecule has 3 aromatic rings. The summed E-state index contributed by atoms with van der Waals surface area (Å²) in [6.07, 6.45) is 3.27. The van der Waals surface area contributed by atoms with Gasteiger partial charge in [0.2, 0.25) is 5.91 Å². The predicted molar refractivity (Wildman–Crippen MR) is 104 cm³/mol. The minimum absolute atomic E-state index is 0.0715. The normalized spacial score (nSPS) is 11.0. The second kappa shape index (κ2) is 8.35. The van der Waals surface area contributed by atoms with Crippen molar-refractivity contribution in [3.63, 3.8) is 0 Å². The summed E-state index contributed by atoms with van der Waals surface area (Å²) in [5, 5.41) is 2.95. The van der Waals surface area contributed by atoms with Crippen LogP contribution in [0.3, 0.4) is 0 Å². The molecule has 1 N–H and O–H groups in total. The van der Waals surface area contributed by atoms with E-state index in [9.17, 15) is 4.79 Å². The molecule has 1 amide bonds. The third-order valence-electron chi connectivity index (χ3n) is 3.74. The van der Waals surface area contributed by atoms with Gasteiger partial charge in [-0.3, -0.25) is 9.69 Å². The lowest BCUT2D eigenvalue weighted by molar-refractivity contribution is -0.117. The first-order valence-corrected chi connectivity index (χ1v) is 9.01. The number of nitrogens with zero attached hydrogens (tertiary/aromatic N) is 1. The first-order chi connectivity index (χ1) is 12.1. The second-order valence-electron chi connectivity index (χ2n) is 5.82. The Morgan fingerprint density at radius 1 is 1.08 bits per heavy atom. The van der Waals surface area contributed by atoms with E-state index in [4.69, 9.17) is 8.83 Å². The zero-order chi connectivity index (χ0) is 17.6. The van der Waals surface area contributed by atoms with Crippen LogP contribution in [-0.2, 0) is 17.9 Å². The Hall–Kier alpha value is -2.06. The second-order valence-corrected chi connectivity index (χ2v) is 6.98. The highest BCUT2D eigenvalue weighted by Gasteiger charge is 2.15. The Kier molecular flexibility index (Phi) is 5.93. The molecule has 1 aromatic carbocycles. The number of carbonyl (C=O) groups is 1. The Bertz CT molecular complexity index is 777. The van der Waals surface area contributed by atoms with Gasteiger partial charge in [-0.2, -0.15) is 0 Å². The molecule has 130 valence electrons. The third kappa shape index (κ3) is 5.20. The molecule has 6 heteroatoms. The Morgan fingerprint density at radius 3 is 2.24 bits per heavy atom. The maximum Gasteiger partial charge on any atom is 0.238 e. The van der Waals surface area contributed by atoms with Crippen LogP contribution in [-0.4, -0.2) is 17.4 Å². The monoisotopic (exact) mass is 450 g/mol. The summed E-state index contributed by atoms with van der Waals surface area (Å²) < 4.78 is 11.9. The summed E-state index contributed by atoms with van der Waals surface area (Å²) in [7, 11) is 0. The van der Waals surface area contributed by atoms with Crippen LogP contribution in [0.5, 0.6) is 0 Å². The molecule has 0 radical (unpaired) electrons. The lowest BCUT2D eigenvalue weighted by atomic mass is 10.2. The number of carbonyl (C=O) groups excluding carboxylic acids is 1. The van der Waals surface area contributed by atoms with Crippen molar-refractivity contribution in [1.29, 1.82) is 0 Å². The number of rotatable bonds is 7. The van der Waals surface area contributed by atoms with Crippen LogP contribution >= 0.6 is 22.6 Å². The quantitative estimate of drug-likeness (QED) is 0.542. The predicted octanol–water partition coefficient (Wildman–Crippen LogP) is 4.43. The van der Waals surface area contributed by atoms with Crippen LogP contribution < -0.4 is 5.32 Å². The van der Waals surface area contributed by atoms with E-state index in [1.807, 2.05) is 54.3 Å². The third-order valence-corrected chi connectivity index (χ3v) is 4.90. The zero-order valence-corrected chi connectivity index (χ0v) is 16.0. The molecule has 25 heavy (non-hydrogen) atoms. The summed E-state index contributed by atoms with van der Waals surface area (Å²) in [6, 6.07) is 13.4. The van der Waals surface area contributed by atoms with Crippen molar-refractivity contribution in [2.45, 2.75) is 20.0 Å². The summed E-state index contributed by atoms with van der Waals surface area (Å²) in [4.78, 5) is 14.4. The molecular formula is C19H19IN2O3. The highest BCUT2D eigenvalue weighted by Crippen LogP contribution is 2.17. The largest absolute Gasteiger partial charge is 0.468 e. The molecule has 0 fully saturated rings. The van der Waals surface area contributed by atoms with E-state index >= 15 is 0 Å². The van der Waals surface area contributed by atoms with Gasteiger partial charge in [0.25, 0.3) is 0 Å². The highest BCUT2D eigenvalue weighted by molar-refractivity contribution is 14.1. The standard InChI is InChI=1S/C19H19IN2O3/c1-14-6-7-15(10-18(14)20)21-19(23)13-22(11-16-4-2-8-24-16)12-17-5-3-9-25-17/h2-10H,11-13H2,1H3,(H,21,23). The van der Waals surface area contributed by atoms with Crippen molar-refractivity contribution in [3.8, 4) is 0 Å². The van der Waals surface area contributed by atoms with Crippen molar-refractivity contribution in [3.05, 3.63) is 75.6 Å². The average molecular weight is 450 g/mol. The minimum atomic E-state index is -0.0715. The van der Waals surface area contributed by atoms with Crippen LogP contribution in [0, 0.1) is 10.5 Å². The summed E-state index contributed by atoms with van der Waals surface area (Å²) in [5.74, 6) is 1.55. The number of hydrogen-bond acceptors (Lipinski definition) is 4. The number of hydrogen-bond donors (Lipinski definition) is 1. The molecule has 0 saturated carbocycles. The van der Waals surface area contributed by atoms with E-state index in [2.05, 4.69) is 27.9 Å².